The second-order valence-corrected chi connectivity index (χ2v) is 6.63. The van der Waals surface area contributed by atoms with Gasteiger partial charge in [0.25, 0.3) is 0 Å². The third-order valence-corrected chi connectivity index (χ3v) is 5.05. The van der Waals surface area contributed by atoms with E-state index < -0.39 is 0 Å². The van der Waals surface area contributed by atoms with E-state index in [2.05, 4.69) is 47.0 Å². The van der Waals surface area contributed by atoms with Gasteiger partial charge in [-0.2, -0.15) is 0 Å². The van der Waals surface area contributed by atoms with Crippen molar-refractivity contribution in [2.75, 3.05) is 13.1 Å². The Morgan fingerprint density at radius 2 is 2.08 bits per heavy atom. The maximum atomic E-state index is 4.44. The molecule has 1 saturated heterocycles. The lowest BCUT2D eigenvalue weighted by Gasteiger charge is -2.32. The Labute approximate surface area is 144 Å². The molecule has 0 amide bonds. The Kier molecular flexibility index (Phi) is 3.45. The first-order valence-corrected chi connectivity index (χ1v) is 8.67. The molecule has 126 valence electrons. The van der Waals surface area contributed by atoms with Gasteiger partial charge in [0.1, 0.15) is 16.7 Å². The zero-order chi connectivity index (χ0) is 16.6. The van der Waals surface area contributed by atoms with Gasteiger partial charge in [-0.1, -0.05) is 11.3 Å². The number of pyridine rings is 2. The summed E-state index contributed by atoms with van der Waals surface area (Å²) in [5, 5.41) is 9.86. The van der Waals surface area contributed by atoms with E-state index in [1.165, 1.54) is 5.56 Å². The van der Waals surface area contributed by atoms with Gasteiger partial charge in [0.2, 0.25) is 0 Å². The molecule has 0 unspecified atom stereocenters. The van der Waals surface area contributed by atoms with Crippen LogP contribution in [0.4, 0.5) is 0 Å². The number of piperidine rings is 1. The molecule has 1 N–H and O–H groups in total. The molecule has 0 aliphatic carbocycles. The molecule has 0 bridgehead atoms. The number of rotatable bonds is 3. The molecule has 1 aliphatic heterocycles. The van der Waals surface area contributed by atoms with Crippen molar-refractivity contribution in [2.24, 2.45) is 0 Å². The minimum absolute atomic E-state index is 0.385. The van der Waals surface area contributed by atoms with Crippen LogP contribution in [0, 0.1) is 0 Å². The van der Waals surface area contributed by atoms with Gasteiger partial charge >= 0.3 is 0 Å². The van der Waals surface area contributed by atoms with Crippen LogP contribution in [0.15, 0.2) is 43.0 Å². The molecule has 1 aliphatic rings. The molecule has 0 aromatic carbocycles. The van der Waals surface area contributed by atoms with Crippen molar-refractivity contribution in [3.8, 4) is 0 Å². The molecule has 25 heavy (non-hydrogen) atoms. The van der Waals surface area contributed by atoms with Gasteiger partial charge in [0.05, 0.1) is 12.2 Å². The number of aromatic amines is 1. The smallest absolute Gasteiger partial charge is 0.139 e. The minimum Gasteiger partial charge on any atom is -0.346 e. The van der Waals surface area contributed by atoms with E-state index in [0.717, 1.165) is 54.5 Å². The summed E-state index contributed by atoms with van der Waals surface area (Å²) in [6, 6.07) is 6.58. The Morgan fingerprint density at radius 3 is 2.92 bits per heavy atom. The highest BCUT2D eigenvalue weighted by Gasteiger charge is 2.24. The van der Waals surface area contributed by atoms with Gasteiger partial charge < -0.3 is 4.98 Å². The molecule has 1 fully saturated rings. The van der Waals surface area contributed by atoms with Crippen molar-refractivity contribution in [3.63, 3.8) is 0 Å². The second-order valence-electron chi connectivity index (χ2n) is 6.63. The SMILES string of the molecule is c1cncc(CN2CCC(n3nnc4cnc5[nH]ccc5c43)CC2)c1. The van der Waals surface area contributed by atoms with E-state index in [1.807, 2.05) is 24.7 Å². The van der Waals surface area contributed by atoms with Crippen LogP contribution in [-0.2, 0) is 6.54 Å². The van der Waals surface area contributed by atoms with Crippen LogP contribution in [0.3, 0.4) is 0 Å². The van der Waals surface area contributed by atoms with Crippen molar-refractivity contribution in [2.45, 2.75) is 25.4 Å². The van der Waals surface area contributed by atoms with Gasteiger partial charge in [0, 0.05) is 43.6 Å². The van der Waals surface area contributed by atoms with E-state index >= 15 is 0 Å². The number of aromatic nitrogens is 6. The van der Waals surface area contributed by atoms with E-state index in [0.29, 0.717) is 6.04 Å². The quantitative estimate of drug-likeness (QED) is 0.623. The summed E-state index contributed by atoms with van der Waals surface area (Å²) in [6.45, 7) is 3.08. The molecule has 5 rings (SSSR count). The molecule has 0 saturated carbocycles. The van der Waals surface area contributed by atoms with Crippen LogP contribution >= 0.6 is 0 Å². The fraction of sp³-hybridized carbons (Fsp3) is 0.333. The predicted octanol–water partition coefficient (Wildman–Crippen LogP) is 2.54. The fourth-order valence-corrected chi connectivity index (χ4v) is 3.77. The first-order valence-electron chi connectivity index (χ1n) is 8.67. The summed E-state index contributed by atoms with van der Waals surface area (Å²) in [5.74, 6) is 0. The minimum atomic E-state index is 0.385. The maximum absolute atomic E-state index is 4.44. The molecular formula is C18H19N7. The summed E-state index contributed by atoms with van der Waals surface area (Å²) in [4.78, 5) is 14.3. The summed E-state index contributed by atoms with van der Waals surface area (Å²) in [5.41, 5.74) is 4.12. The van der Waals surface area contributed by atoms with E-state index in [4.69, 9.17) is 0 Å². The number of fused-ring (bicyclic) bond motifs is 3. The van der Waals surface area contributed by atoms with Crippen molar-refractivity contribution in [3.05, 3.63) is 48.5 Å². The van der Waals surface area contributed by atoms with Gasteiger partial charge in [0.15, 0.2) is 0 Å². The van der Waals surface area contributed by atoms with Gasteiger partial charge in [-0.05, 0) is 30.5 Å². The van der Waals surface area contributed by atoms with E-state index in [-0.39, 0.29) is 0 Å². The third kappa shape index (κ3) is 2.56. The van der Waals surface area contributed by atoms with Crippen LogP contribution in [-0.4, -0.2) is 47.9 Å². The number of nitrogens with one attached hydrogen (secondary N) is 1. The van der Waals surface area contributed by atoms with Gasteiger partial charge in [-0.25, -0.2) is 9.67 Å². The van der Waals surface area contributed by atoms with Crippen molar-refractivity contribution < 1.29 is 0 Å². The number of H-pyrrole nitrogens is 1. The van der Waals surface area contributed by atoms with Crippen LogP contribution < -0.4 is 0 Å². The number of hydrogen-bond acceptors (Lipinski definition) is 5. The lowest BCUT2D eigenvalue weighted by Crippen LogP contribution is -2.34. The zero-order valence-corrected chi connectivity index (χ0v) is 13.8. The largest absolute Gasteiger partial charge is 0.346 e. The second kappa shape index (κ2) is 5.93. The first kappa shape index (κ1) is 14.5. The molecule has 5 heterocycles. The molecule has 4 aromatic rings. The summed E-state index contributed by atoms with van der Waals surface area (Å²) < 4.78 is 2.11. The Bertz CT molecular complexity index is 996. The molecule has 0 radical (unpaired) electrons. The van der Waals surface area contributed by atoms with Crippen LogP contribution in [0.25, 0.3) is 22.1 Å². The average Bonchev–Trinajstić information content (AvgIpc) is 3.29. The Balaban J connectivity index is 1.37. The fourth-order valence-electron chi connectivity index (χ4n) is 3.77. The normalized spacial score (nSPS) is 16.8. The molecule has 7 heteroatoms. The van der Waals surface area contributed by atoms with E-state index in [1.54, 1.807) is 6.20 Å². The highest BCUT2D eigenvalue weighted by Crippen LogP contribution is 2.29. The number of likely N-dealkylation sites (tertiary alicyclic amines) is 1. The molecule has 0 spiro atoms. The topological polar surface area (TPSA) is 75.5 Å². The van der Waals surface area contributed by atoms with Crippen LogP contribution in [0.5, 0.6) is 0 Å². The van der Waals surface area contributed by atoms with E-state index in [9.17, 15) is 0 Å². The van der Waals surface area contributed by atoms with Crippen LogP contribution in [0.2, 0.25) is 0 Å². The van der Waals surface area contributed by atoms with Gasteiger partial charge in [-0.15, -0.1) is 5.10 Å². The molecular weight excluding hydrogens is 314 g/mol. The molecule has 0 atom stereocenters. The lowest BCUT2D eigenvalue weighted by molar-refractivity contribution is 0.174. The lowest BCUT2D eigenvalue weighted by atomic mass is 10.0. The number of nitrogens with zero attached hydrogens (tertiary/aromatic N) is 6. The summed E-state index contributed by atoms with van der Waals surface area (Å²) in [6.07, 6.45) is 9.65. The molecule has 4 aromatic heterocycles. The van der Waals surface area contributed by atoms with Gasteiger partial charge in [-0.3, -0.25) is 9.88 Å². The monoisotopic (exact) mass is 333 g/mol. The highest BCUT2D eigenvalue weighted by molar-refractivity contribution is 6.00. The van der Waals surface area contributed by atoms with Crippen molar-refractivity contribution >= 4 is 22.1 Å². The highest BCUT2D eigenvalue weighted by atomic mass is 15.4. The third-order valence-electron chi connectivity index (χ3n) is 5.05. The standard InChI is InChI=1S/C18H19N7/c1-2-13(10-19-6-1)12-24-8-4-14(5-9-24)25-17-15-3-7-20-18(15)21-11-16(17)22-23-25/h1-3,6-7,10-11,14H,4-5,8-9,12H2,(H,20,21). The summed E-state index contributed by atoms with van der Waals surface area (Å²) in [7, 11) is 0. The number of hydrogen-bond donors (Lipinski definition) is 1. The van der Waals surface area contributed by atoms with Crippen molar-refractivity contribution in [1.82, 2.24) is 34.8 Å². The Morgan fingerprint density at radius 1 is 1.16 bits per heavy atom. The predicted molar refractivity (Wildman–Crippen MR) is 95.0 cm³/mol. The van der Waals surface area contributed by atoms with Crippen molar-refractivity contribution in [1.29, 1.82) is 0 Å². The first-order chi connectivity index (χ1) is 12.4. The molecule has 7 nitrogen and oxygen atoms in total. The average molecular weight is 333 g/mol. The zero-order valence-electron chi connectivity index (χ0n) is 13.8. The summed E-state index contributed by atoms with van der Waals surface area (Å²) >= 11 is 0. The van der Waals surface area contributed by atoms with Crippen LogP contribution in [0.1, 0.15) is 24.4 Å². The Hall–Kier alpha value is -2.80. The maximum Gasteiger partial charge on any atom is 0.139 e.